The van der Waals surface area contributed by atoms with E-state index in [1.165, 1.54) is 77.0 Å². The van der Waals surface area contributed by atoms with Crippen LogP contribution >= 0.6 is 0 Å². The molecule has 2 atom stereocenters. The van der Waals surface area contributed by atoms with Crippen LogP contribution in [0.15, 0.2) is 60.8 Å². The number of hydrogen-bond donors (Lipinski definition) is 0. The molecule has 0 saturated heterocycles. The van der Waals surface area contributed by atoms with Crippen molar-refractivity contribution in [2.75, 3.05) is 41.0 Å². The van der Waals surface area contributed by atoms with E-state index >= 15 is 0 Å². The largest absolute Gasteiger partial charge is 0.544 e. The first kappa shape index (κ1) is 55.0. The van der Waals surface area contributed by atoms with Crippen molar-refractivity contribution >= 4 is 17.9 Å². The molecule has 0 bridgehead atoms. The monoisotopic (exact) mass is 814 g/mol. The number of quaternary nitrogens is 1. The Balaban J connectivity index is 4.38. The fourth-order valence-electron chi connectivity index (χ4n) is 6.57. The predicted molar refractivity (Wildman–Crippen MR) is 240 cm³/mol. The van der Waals surface area contributed by atoms with Crippen LogP contribution in [0.5, 0.6) is 0 Å². The van der Waals surface area contributed by atoms with E-state index in [2.05, 4.69) is 74.6 Å². The van der Waals surface area contributed by atoms with Crippen molar-refractivity contribution in [3.05, 3.63) is 60.8 Å². The molecule has 0 aliphatic heterocycles. The van der Waals surface area contributed by atoms with Crippen LogP contribution in [0.25, 0.3) is 0 Å². The van der Waals surface area contributed by atoms with Crippen LogP contribution in [-0.2, 0) is 28.6 Å². The minimum Gasteiger partial charge on any atom is -0.544 e. The average molecular weight is 814 g/mol. The SMILES string of the molecule is CC/C=C/C/C=C/C/C=C/C/C=C/C/C=C/CCCCCC(=O)OC(COCCC(C(=O)[O-])[N+](C)(C)C)COC(=O)CCCCCCCCCCCCCCCCC. The second-order valence-corrected chi connectivity index (χ2v) is 16.6. The normalized spacial score (nSPS) is 13.5. The number of carboxylic acid groups (broad SMARTS) is 1. The molecule has 0 aromatic heterocycles. The molecule has 8 heteroatoms. The van der Waals surface area contributed by atoms with E-state index in [-0.39, 0.29) is 49.1 Å². The van der Waals surface area contributed by atoms with Crippen molar-refractivity contribution in [1.29, 1.82) is 0 Å². The average Bonchev–Trinajstić information content (AvgIpc) is 3.18. The van der Waals surface area contributed by atoms with E-state index in [1.54, 1.807) is 21.1 Å². The Labute approximate surface area is 356 Å². The molecule has 0 N–H and O–H groups in total. The van der Waals surface area contributed by atoms with E-state index in [0.717, 1.165) is 70.6 Å². The third kappa shape index (κ3) is 38.5. The zero-order valence-electron chi connectivity index (χ0n) is 37.9. The molecular formula is C50H87NO7. The van der Waals surface area contributed by atoms with Crippen molar-refractivity contribution in [3.63, 3.8) is 0 Å². The van der Waals surface area contributed by atoms with Crippen LogP contribution in [0.4, 0.5) is 0 Å². The second-order valence-electron chi connectivity index (χ2n) is 16.6. The third-order valence-electron chi connectivity index (χ3n) is 10.2. The fourth-order valence-corrected chi connectivity index (χ4v) is 6.57. The van der Waals surface area contributed by atoms with Gasteiger partial charge in [0.05, 0.1) is 40.3 Å². The highest BCUT2D eigenvalue weighted by atomic mass is 16.6. The summed E-state index contributed by atoms with van der Waals surface area (Å²) in [5, 5.41) is 11.6. The van der Waals surface area contributed by atoms with Crippen molar-refractivity contribution in [1.82, 2.24) is 0 Å². The first-order chi connectivity index (χ1) is 28.1. The highest BCUT2D eigenvalue weighted by Crippen LogP contribution is 2.15. The summed E-state index contributed by atoms with van der Waals surface area (Å²) in [6, 6.07) is -0.733. The lowest BCUT2D eigenvalue weighted by molar-refractivity contribution is -0.889. The zero-order valence-corrected chi connectivity index (χ0v) is 37.9. The topological polar surface area (TPSA) is 102 Å². The Morgan fingerprint density at radius 2 is 0.966 bits per heavy atom. The molecule has 8 nitrogen and oxygen atoms in total. The second kappa shape index (κ2) is 40.8. The molecule has 0 aromatic rings. The molecule has 2 unspecified atom stereocenters. The van der Waals surface area contributed by atoms with E-state index < -0.39 is 18.1 Å². The number of ether oxygens (including phenoxy) is 3. The molecule has 0 radical (unpaired) electrons. The molecule has 0 aliphatic carbocycles. The maximum atomic E-state index is 12.7. The van der Waals surface area contributed by atoms with Crippen LogP contribution in [-0.4, -0.2) is 75.5 Å². The third-order valence-corrected chi connectivity index (χ3v) is 10.2. The van der Waals surface area contributed by atoms with Crippen LogP contribution in [0.1, 0.15) is 187 Å². The van der Waals surface area contributed by atoms with Crippen molar-refractivity contribution in [2.24, 2.45) is 0 Å². The van der Waals surface area contributed by atoms with Gasteiger partial charge in [0.2, 0.25) is 0 Å². The number of nitrogens with zero attached hydrogens (tertiary/aromatic N) is 1. The van der Waals surface area contributed by atoms with Crippen LogP contribution in [0, 0.1) is 0 Å². The first-order valence-electron chi connectivity index (χ1n) is 23.3. The number of carboxylic acids is 1. The van der Waals surface area contributed by atoms with E-state index in [0.29, 0.717) is 12.8 Å². The van der Waals surface area contributed by atoms with E-state index in [4.69, 9.17) is 14.2 Å². The van der Waals surface area contributed by atoms with Crippen LogP contribution in [0.3, 0.4) is 0 Å². The van der Waals surface area contributed by atoms with Gasteiger partial charge in [-0.2, -0.15) is 0 Å². The van der Waals surface area contributed by atoms with Crippen molar-refractivity contribution in [2.45, 2.75) is 199 Å². The predicted octanol–water partition coefficient (Wildman–Crippen LogP) is 11.6. The van der Waals surface area contributed by atoms with Gasteiger partial charge in [0.25, 0.3) is 0 Å². The number of rotatable bonds is 41. The lowest BCUT2D eigenvalue weighted by Gasteiger charge is -2.34. The number of aliphatic carboxylic acids is 1. The Bertz CT molecular complexity index is 1130. The van der Waals surface area contributed by atoms with Gasteiger partial charge in [-0.15, -0.1) is 0 Å². The Hall–Kier alpha value is -2.97. The molecule has 0 aromatic carbocycles. The van der Waals surface area contributed by atoms with Crippen LogP contribution in [0.2, 0.25) is 0 Å². The standard InChI is InChI=1S/C50H87NO7/c1-6-8-10-12-14-16-18-20-22-23-24-25-27-29-31-33-35-37-39-41-49(53)58-46(44-56-43-42-47(50(54)55)51(3,4)5)45-57-48(52)40-38-36-34-32-30-28-26-21-19-17-15-13-11-9-7-2/h8,10,14,16,20,22,24-25,29,31,46-47H,6-7,9,11-13,15,17-19,21,23,26-28,30,32-45H2,1-5H3/b10-8+,16-14+,22-20+,25-24+,31-29+. The maximum absolute atomic E-state index is 12.7. The molecule has 0 aliphatic rings. The van der Waals surface area contributed by atoms with E-state index in [9.17, 15) is 19.5 Å². The van der Waals surface area contributed by atoms with Gasteiger partial charge in [0.15, 0.2) is 6.10 Å². The molecular weight excluding hydrogens is 727 g/mol. The Kier molecular flexibility index (Phi) is 38.7. The number of likely N-dealkylation sites (N-methyl/N-ethyl adjacent to an activating group) is 1. The minimum absolute atomic E-state index is 0.0267. The molecule has 0 rings (SSSR count). The maximum Gasteiger partial charge on any atom is 0.306 e. The number of hydrogen-bond acceptors (Lipinski definition) is 7. The van der Waals surface area contributed by atoms with Crippen molar-refractivity contribution < 1.29 is 38.2 Å². The molecule has 0 amide bonds. The van der Waals surface area contributed by atoms with Gasteiger partial charge in [0.1, 0.15) is 12.6 Å². The summed E-state index contributed by atoms with van der Waals surface area (Å²) >= 11 is 0. The summed E-state index contributed by atoms with van der Waals surface area (Å²) in [7, 11) is 5.39. The quantitative estimate of drug-likeness (QED) is 0.0262. The number of carbonyl (C=O) groups excluding carboxylic acids is 3. The molecule has 0 saturated carbocycles. The highest BCUT2D eigenvalue weighted by Gasteiger charge is 2.25. The summed E-state index contributed by atoms with van der Waals surface area (Å²) in [5.74, 6) is -1.78. The number of esters is 2. The van der Waals surface area contributed by atoms with Crippen LogP contribution < -0.4 is 5.11 Å². The minimum atomic E-state index is -1.13. The lowest BCUT2D eigenvalue weighted by Crippen LogP contribution is -2.55. The van der Waals surface area contributed by atoms with Gasteiger partial charge in [-0.05, 0) is 57.8 Å². The van der Waals surface area contributed by atoms with Gasteiger partial charge in [-0.1, -0.05) is 171 Å². The first-order valence-corrected chi connectivity index (χ1v) is 23.3. The van der Waals surface area contributed by atoms with Gasteiger partial charge in [-0.25, -0.2) is 0 Å². The van der Waals surface area contributed by atoms with Gasteiger partial charge in [0, 0.05) is 19.3 Å². The Morgan fingerprint density at radius 3 is 1.43 bits per heavy atom. The van der Waals surface area contributed by atoms with Gasteiger partial charge >= 0.3 is 11.9 Å². The summed E-state index contributed by atoms with van der Waals surface area (Å²) in [4.78, 5) is 36.9. The van der Waals surface area contributed by atoms with E-state index in [1.807, 2.05) is 0 Å². The number of unbranched alkanes of at least 4 members (excludes halogenated alkanes) is 17. The summed E-state index contributed by atoms with van der Waals surface area (Å²) in [6.07, 6.45) is 49.6. The highest BCUT2D eigenvalue weighted by molar-refractivity contribution is 5.70. The summed E-state index contributed by atoms with van der Waals surface area (Å²) < 4.78 is 17.2. The molecule has 58 heavy (non-hydrogen) atoms. The Morgan fingerprint density at radius 1 is 0.534 bits per heavy atom. The summed E-state index contributed by atoms with van der Waals surface area (Å²) in [6.45, 7) is 4.52. The fraction of sp³-hybridized carbons (Fsp3) is 0.740. The summed E-state index contributed by atoms with van der Waals surface area (Å²) in [5.41, 5.74) is 0. The molecule has 334 valence electrons. The number of allylic oxidation sites excluding steroid dienone is 10. The molecule has 0 fully saturated rings. The van der Waals surface area contributed by atoms with Crippen molar-refractivity contribution in [3.8, 4) is 0 Å². The number of carbonyl (C=O) groups is 3. The zero-order chi connectivity index (χ0) is 42.8. The van der Waals surface area contributed by atoms with Gasteiger partial charge in [-0.3, -0.25) is 9.59 Å². The molecule has 0 heterocycles. The lowest BCUT2D eigenvalue weighted by atomic mass is 10.0. The van der Waals surface area contributed by atoms with Gasteiger partial charge < -0.3 is 28.6 Å². The molecule has 0 spiro atoms. The smallest absolute Gasteiger partial charge is 0.306 e.